The second-order valence-corrected chi connectivity index (χ2v) is 2.92. The molecular formula is C10H20N2O2. The molecule has 0 aromatic carbocycles. The van der Waals surface area contributed by atoms with Gasteiger partial charge in [-0.2, -0.15) is 0 Å². The molecule has 4 nitrogen and oxygen atoms in total. The number of hydrogen-bond donors (Lipinski definition) is 2. The van der Waals surface area contributed by atoms with Crippen molar-refractivity contribution in [2.45, 2.75) is 20.3 Å². The summed E-state index contributed by atoms with van der Waals surface area (Å²) >= 11 is 0. The Bertz CT molecular complexity index is 222. The first-order chi connectivity index (χ1) is 6.67. The molecule has 0 saturated carbocycles. The van der Waals surface area contributed by atoms with Crippen molar-refractivity contribution in [3.63, 3.8) is 0 Å². The number of aliphatic imine (C=N–C) groups is 1. The van der Waals surface area contributed by atoms with E-state index in [9.17, 15) is 0 Å². The first-order valence-electron chi connectivity index (χ1n) is 4.77. The fraction of sp³-hybridized carbons (Fsp3) is 0.700. The number of rotatable bonds is 6. The van der Waals surface area contributed by atoms with E-state index in [-0.39, 0.29) is 6.61 Å². The van der Waals surface area contributed by atoms with Crippen molar-refractivity contribution >= 4 is 5.71 Å². The zero-order valence-electron chi connectivity index (χ0n) is 9.21. The van der Waals surface area contributed by atoms with Crippen LogP contribution in [-0.4, -0.2) is 37.7 Å². The molecule has 0 amide bonds. The van der Waals surface area contributed by atoms with E-state index in [2.05, 4.69) is 4.99 Å². The number of aliphatic hydroxyl groups excluding tert-OH is 1. The van der Waals surface area contributed by atoms with Crippen LogP contribution in [0.15, 0.2) is 16.3 Å². The molecule has 3 N–H and O–H groups in total. The number of ether oxygens (including phenoxy) is 1. The van der Waals surface area contributed by atoms with Gasteiger partial charge in [0.2, 0.25) is 0 Å². The highest BCUT2D eigenvalue weighted by Gasteiger charge is 2.06. The second kappa shape index (κ2) is 7.53. The Morgan fingerprint density at radius 1 is 1.50 bits per heavy atom. The molecule has 0 aliphatic carbocycles. The molecule has 0 atom stereocenters. The Morgan fingerprint density at radius 2 is 2.14 bits per heavy atom. The molecule has 0 aliphatic rings. The monoisotopic (exact) mass is 200 g/mol. The number of aliphatic hydroxyl groups is 1. The van der Waals surface area contributed by atoms with E-state index in [1.807, 2.05) is 13.8 Å². The van der Waals surface area contributed by atoms with Crippen LogP contribution in [0.25, 0.3) is 0 Å². The molecule has 0 rings (SSSR count). The minimum absolute atomic E-state index is 0.0784. The quantitative estimate of drug-likeness (QED) is 0.620. The molecular weight excluding hydrogens is 180 g/mol. The third kappa shape index (κ3) is 4.39. The maximum Gasteiger partial charge on any atom is 0.0863 e. The summed E-state index contributed by atoms with van der Waals surface area (Å²) in [7, 11) is 1.71. The Balaban J connectivity index is 4.58. The van der Waals surface area contributed by atoms with E-state index < -0.39 is 0 Å². The van der Waals surface area contributed by atoms with Gasteiger partial charge in [0.25, 0.3) is 0 Å². The van der Waals surface area contributed by atoms with Crippen molar-refractivity contribution in [3.05, 3.63) is 11.3 Å². The molecule has 0 radical (unpaired) electrons. The van der Waals surface area contributed by atoms with Crippen molar-refractivity contribution in [1.29, 1.82) is 0 Å². The Labute approximate surface area is 85.5 Å². The first-order valence-corrected chi connectivity index (χ1v) is 4.77. The Hall–Kier alpha value is -0.870. The van der Waals surface area contributed by atoms with Gasteiger partial charge < -0.3 is 15.6 Å². The zero-order chi connectivity index (χ0) is 11.0. The fourth-order valence-corrected chi connectivity index (χ4v) is 1.12. The van der Waals surface area contributed by atoms with Gasteiger partial charge in [-0.3, -0.25) is 4.99 Å². The van der Waals surface area contributed by atoms with E-state index in [4.69, 9.17) is 15.6 Å². The normalized spacial score (nSPS) is 14.1. The molecule has 0 bridgehead atoms. The molecule has 0 aliphatic heterocycles. The summed E-state index contributed by atoms with van der Waals surface area (Å²) < 4.78 is 5.20. The summed E-state index contributed by atoms with van der Waals surface area (Å²) in [6, 6.07) is 0. The van der Waals surface area contributed by atoms with Gasteiger partial charge >= 0.3 is 0 Å². The summed E-state index contributed by atoms with van der Waals surface area (Å²) in [5.41, 5.74) is 8.24. The lowest BCUT2D eigenvalue weighted by atomic mass is 10.1. The number of nitrogens with two attached hydrogens (primary N) is 1. The molecule has 0 saturated heterocycles. The number of nitrogens with zero attached hydrogens (tertiary/aromatic N) is 1. The molecule has 4 heteroatoms. The van der Waals surface area contributed by atoms with Gasteiger partial charge in [0.15, 0.2) is 0 Å². The molecule has 82 valence electrons. The predicted octanol–water partition coefficient (Wildman–Crippen LogP) is 0.709. The van der Waals surface area contributed by atoms with Crippen LogP contribution in [0, 0.1) is 0 Å². The second-order valence-electron chi connectivity index (χ2n) is 2.92. The van der Waals surface area contributed by atoms with Crippen LogP contribution in [0.4, 0.5) is 0 Å². The van der Waals surface area contributed by atoms with Crippen LogP contribution in [0.1, 0.15) is 20.3 Å². The molecule has 0 aromatic rings. The van der Waals surface area contributed by atoms with Crippen molar-refractivity contribution in [2.24, 2.45) is 10.7 Å². The highest BCUT2D eigenvalue weighted by atomic mass is 16.5. The maximum atomic E-state index is 8.87. The minimum atomic E-state index is 0.0784. The molecule has 0 unspecified atom stereocenters. The highest BCUT2D eigenvalue weighted by molar-refractivity contribution is 5.98. The van der Waals surface area contributed by atoms with Gasteiger partial charge in [0.05, 0.1) is 6.61 Å². The van der Waals surface area contributed by atoms with Crippen molar-refractivity contribution < 1.29 is 9.84 Å². The fourth-order valence-electron chi connectivity index (χ4n) is 1.12. The summed E-state index contributed by atoms with van der Waals surface area (Å²) in [5.74, 6) is 0. The summed E-state index contributed by atoms with van der Waals surface area (Å²) in [5, 5.41) is 8.87. The third-order valence-corrected chi connectivity index (χ3v) is 1.98. The van der Waals surface area contributed by atoms with E-state index in [1.165, 1.54) is 0 Å². The molecule has 0 heterocycles. The van der Waals surface area contributed by atoms with Gasteiger partial charge in [-0.25, -0.2) is 0 Å². The average Bonchev–Trinajstić information content (AvgIpc) is 2.21. The van der Waals surface area contributed by atoms with Crippen LogP contribution >= 0.6 is 0 Å². The Morgan fingerprint density at radius 3 is 2.57 bits per heavy atom. The summed E-state index contributed by atoms with van der Waals surface area (Å²) in [6.07, 6.45) is 0.530. The van der Waals surface area contributed by atoms with Gasteiger partial charge in [0.1, 0.15) is 0 Å². The van der Waals surface area contributed by atoms with Gasteiger partial charge in [-0.05, 0) is 25.8 Å². The lowest BCUT2D eigenvalue weighted by Crippen LogP contribution is -2.15. The number of hydrogen-bond acceptors (Lipinski definition) is 4. The summed E-state index contributed by atoms with van der Waals surface area (Å²) in [6.45, 7) is 4.91. The van der Waals surface area contributed by atoms with E-state index in [0.29, 0.717) is 25.3 Å². The molecule has 0 spiro atoms. The molecule has 14 heavy (non-hydrogen) atoms. The molecule has 0 aromatic heterocycles. The van der Waals surface area contributed by atoms with Crippen LogP contribution in [0.2, 0.25) is 0 Å². The minimum Gasteiger partial charge on any atom is -0.400 e. The standard InChI is InChI=1S/C10H20N2O2/c1-4-14-7-10(11)9(5-6-13)8(2)12-3/h13H,4-7,11H2,1-3H3. The summed E-state index contributed by atoms with van der Waals surface area (Å²) in [4.78, 5) is 4.05. The largest absolute Gasteiger partial charge is 0.400 e. The predicted molar refractivity (Wildman–Crippen MR) is 58.4 cm³/mol. The Kier molecular flexibility index (Phi) is 7.06. The molecule has 0 fully saturated rings. The topological polar surface area (TPSA) is 67.8 Å². The maximum absolute atomic E-state index is 8.87. The van der Waals surface area contributed by atoms with Crippen molar-refractivity contribution in [2.75, 3.05) is 26.9 Å². The lowest BCUT2D eigenvalue weighted by molar-refractivity contribution is 0.169. The first kappa shape index (κ1) is 13.1. The zero-order valence-corrected chi connectivity index (χ0v) is 9.21. The van der Waals surface area contributed by atoms with E-state index >= 15 is 0 Å². The third-order valence-electron chi connectivity index (χ3n) is 1.98. The van der Waals surface area contributed by atoms with Crippen LogP contribution in [-0.2, 0) is 4.74 Å². The van der Waals surface area contributed by atoms with Crippen molar-refractivity contribution in [1.82, 2.24) is 0 Å². The van der Waals surface area contributed by atoms with E-state index in [0.717, 1.165) is 11.3 Å². The van der Waals surface area contributed by atoms with Crippen LogP contribution in [0.3, 0.4) is 0 Å². The van der Waals surface area contributed by atoms with Gasteiger partial charge in [0, 0.05) is 31.7 Å². The van der Waals surface area contributed by atoms with Crippen molar-refractivity contribution in [3.8, 4) is 0 Å². The lowest BCUT2D eigenvalue weighted by Gasteiger charge is -2.10. The highest BCUT2D eigenvalue weighted by Crippen LogP contribution is 2.07. The SMILES string of the molecule is CCOCC(N)=C(CCO)C(C)=NC. The average molecular weight is 200 g/mol. The van der Waals surface area contributed by atoms with Gasteiger partial charge in [-0.1, -0.05) is 0 Å². The van der Waals surface area contributed by atoms with Gasteiger partial charge in [-0.15, -0.1) is 0 Å². The van der Waals surface area contributed by atoms with Crippen LogP contribution < -0.4 is 5.73 Å². The van der Waals surface area contributed by atoms with Crippen LogP contribution in [0.5, 0.6) is 0 Å². The smallest absolute Gasteiger partial charge is 0.0863 e. The van der Waals surface area contributed by atoms with E-state index in [1.54, 1.807) is 7.05 Å².